The number of para-hydroxylation sites is 2. The summed E-state index contributed by atoms with van der Waals surface area (Å²) in [5.41, 5.74) is 9.98. The van der Waals surface area contributed by atoms with Gasteiger partial charge in [0.05, 0.1) is 16.5 Å². The van der Waals surface area contributed by atoms with Crippen LogP contribution in [-0.2, 0) is 0 Å². The van der Waals surface area contributed by atoms with Crippen molar-refractivity contribution in [3.63, 3.8) is 0 Å². The SMILES string of the molecule is [2H]c1c([2H])c([2H])c2c(c1[2H])c1c(-c3ccc(-c4ccccc4)cc3)cccc1n2-c1nc(-c2ccc(-c3ccccc3)cc2)nc(-c2ccc3oc4ccccc4c3c2)n1. The molecule has 11 rings (SSSR count). The first kappa shape index (κ1) is 27.9. The second-order valence-corrected chi connectivity index (χ2v) is 13.7. The monoisotopic (exact) mass is 720 g/mol. The van der Waals surface area contributed by atoms with Crippen molar-refractivity contribution in [3.8, 4) is 62.1 Å². The lowest BCUT2D eigenvalue weighted by Gasteiger charge is -2.12. The van der Waals surface area contributed by atoms with Gasteiger partial charge in [0.2, 0.25) is 5.95 Å². The van der Waals surface area contributed by atoms with E-state index in [1.807, 2.05) is 121 Å². The van der Waals surface area contributed by atoms with E-state index in [1.165, 1.54) is 0 Å². The summed E-state index contributed by atoms with van der Waals surface area (Å²) in [5.74, 6) is 1.04. The van der Waals surface area contributed by atoms with Crippen LogP contribution in [0.15, 0.2) is 198 Å². The van der Waals surface area contributed by atoms with E-state index < -0.39 is 0 Å². The van der Waals surface area contributed by atoms with Crippen LogP contribution < -0.4 is 0 Å². The lowest BCUT2D eigenvalue weighted by atomic mass is 9.97. The highest BCUT2D eigenvalue weighted by atomic mass is 16.3. The van der Waals surface area contributed by atoms with Gasteiger partial charge in [-0.2, -0.15) is 9.97 Å². The molecule has 0 N–H and O–H groups in total. The van der Waals surface area contributed by atoms with Gasteiger partial charge in [-0.05, 0) is 69.8 Å². The normalized spacial score (nSPS) is 12.6. The van der Waals surface area contributed by atoms with Crippen molar-refractivity contribution in [3.05, 3.63) is 194 Å². The summed E-state index contributed by atoms with van der Waals surface area (Å²) in [4.78, 5) is 15.3. The molecule has 0 amide bonds. The first-order valence-corrected chi connectivity index (χ1v) is 18.4. The predicted octanol–water partition coefficient (Wildman–Crippen LogP) is 13.2. The minimum atomic E-state index is -0.339. The van der Waals surface area contributed by atoms with E-state index in [0.29, 0.717) is 27.9 Å². The molecule has 0 saturated heterocycles. The summed E-state index contributed by atoms with van der Waals surface area (Å²) in [5, 5.41) is 2.96. The van der Waals surface area contributed by atoms with E-state index in [1.54, 1.807) is 4.57 Å². The fourth-order valence-corrected chi connectivity index (χ4v) is 7.72. The van der Waals surface area contributed by atoms with Crippen LogP contribution in [0.2, 0.25) is 0 Å². The summed E-state index contributed by atoms with van der Waals surface area (Å²) < 4.78 is 44.2. The average Bonchev–Trinajstić information content (AvgIpc) is 3.87. The fourth-order valence-electron chi connectivity index (χ4n) is 7.72. The molecule has 56 heavy (non-hydrogen) atoms. The summed E-state index contributed by atoms with van der Waals surface area (Å²) in [7, 11) is 0. The third-order valence-corrected chi connectivity index (χ3v) is 10.4. The van der Waals surface area contributed by atoms with Gasteiger partial charge in [-0.15, -0.1) is 0 Å². The molecule has 0 spiro atoms. The lowest BCUT2D eigenvalue weighted by molar-refractivity contribution is 0.669. The molecule has 262 valence electrons. The van der Waals surface area contributed by atoms with E-state index in [4.69, 9.17) is 22.1 Å². The average molecular weight is 721 g/mol. The van der Waals surface area contributed by atoms with Crippen molar-refractivity contribution < 1.29 is 9.90 Å². The molecule has 0 unspecified atom stereocenters. The Morgan fingerprint density at radius 2 is 0.982 bits per heavy atom. The maximum atomic E-state index is 9.34. The maximum Gasteiger partial charge on any atom is 0.238 e. The van der Waals surface area contributed by atoms with Crippen LogP contribution in [-0.4, -0.2) is 19.5 Å². The number of rotatable bonds is 6. The summed E-state index contributed by atoms with van der Waals surface area (Å²) in [6, 6.07) is 55.4. The predicted molar refractivity (Wildman–Crippen MR) is 229 cm³/mol. The zero-order valence-corrected chi connectivity index (χ0v) is 29.9. The van der Waals surface area contributed by atoms with Gasteiger partial charge < -0.3 is 4.42 Å². The molecule has 0 bridgehead atoms. The van der Waals surface area contributed by atoms with Crippen molar-refractivity contribution in [2.75, 3.05) is 0 Å². The quantitative estimate of drug-likeness (QED) is 0.172. The highest BCUT2D eigenvalue weighted by molar-refractivity contribution is 6.15. The van der Waals surface area contributed by atoms with Gasteiger partial charge in [-0.25, -0.2) is 4.98 Å². The van der Waals surface area contributed by atoms with Gasteiger partial charge in [-0.3, -0.25) is 4.57 Å². The number of nitrogens with zero attached hydrogens (tertiary/aromatic N) is 4. The Hall–Kier alpha value is -7.63. The Morgan fingerprint density at radius 1 is 0.411 bits per heavy atom. The van der Waals surface area contributed by atoms with Crippen molar-refractivity contribution in [2.24, 2.45) is 0 Å². The van der Waals surface area contributed by atoms with Crippen LogP contribution in [0.5, 0.6) is 0 Å². The molecular formula is C51H32N4O. The van der Waals surface area contributed by atoms with E-state index in [0.717, 1.165) is 66.4 Å². The first-order chi connectivity index (χ1) is 29.4. The molecule has 0 radical (unpaired) electrons. The van der Waals surface area contributed by atoms with Crippen molar-refractivity contribution >= 4 is 43.7 Å². The smallest absolute Gasteiger partial charge is 0.238 e. The number of aromatic nitrogens is 4. The third kappa shape index (κ3) is 5.37. The second-order valence-electron chi connectivity index (χ2n) is 13.7. The van der Waals surface area contributed by atoms with Crippen molar-refractivity contribution in [1.82, 2.24) is 19.5 Å². The first-order valence-electron chi connectivity index (χ1n) is 20.4. The molecular weight excluding hydrogens is 685 g/mol. The number of furan rings is 1. The van der Waals surface area contributed by atoms with Crippen LogP contribution >= 0.6 is 0 Å². The van der Waals surface area contributed by atoms with E-state index in [9.17, 15) is 2.74 Å². The molecule has 0 aliphatic carbocycles. The molecule has 0 saturated carbocycles. The van der Waals surface area contributed by atoms with E-state index in [2.05, 4.69) is 48.5 Å². The Bertz CT molecular complexity index is 3460. The van der Waals surface area contributed by atoms with E-state index in [-0.39, 0.29) is 35.6 Å². The minimum Gasteiger partial charge on any atom is -0.456 e. The molecule has 8 aromatic carbocycles. The van der Waals surface area contributed by atoms with Crippen LogP contribution in [0.4, 0.5) is 0 Å². The molecule has 5 nitrogen and oxygen atoms in total. The second kappa shape index (κ2) is 13.0. The fraction of sp³-hybridized carbons (Fsp3) is 0. The molecule has 5 heteroatoms. The molecule has 11 aromatic rings. The van der Waals surface area contributed by atoms with Gasteiger partial charge in [0.15, 0.2) is 11.6 Å². The summed E-state index contributed by atoms with van der Waals surface area (Å²) >= 11 is 0. The number of hydrogen-bond acceptors (Lipinski definition) is 4. The largest absolute Gasteiger partial charge is 0.456 e. The Kier molecular flexibility index (Phi) is 6.50. The highest BCUT2D eigenvalue weighted by Crippen LogP contribution is 2.39. The van der Waals surface area contributed by atoms with Crippen LogP contribution in [0.25, 0.3) is 106 Å². The molecule has 0 atom stereocenters. The Labute approximate surface area is 328 Å². The Morgan fingerprint density at radius 3 is 1.71 bits per heavy atom. The van der Waals surface area contributed by atoms with Crippen LogP contribution in [0.1, 0.15) is 5.48 Å². The van der Waals surface area contributed by atoms with Gasteiger partial charge >= 0.3 is 0 Å². The van der Waals surface area contributed by atoms with Gasteiger partial charge in [0, 0.05) is 32.7 Å². The molecule has 3 aromatic heterocycles. The van der Waals surface area contributed by atoms with Crippen LogP contribution in [0.3, 0.4) is 0 Å². The zero-order valence-electron chi connectivity index (χ0n) is 33.9. The molecule has 0 aliphatic heterocycles. The minimum absolute atomic E-state index is 0.133. The molecule has 3 heterocycles. The summed E-state index contributed by atoms with van der Waals surface area (Å²) in [6.45, 7) is 0. The standard InChI is InChI=1S/C51H32N4O/c1-3-12-33(13-4-1)35-22-26-37(27-23-35)40-18-11-20-45-48(40)42-17-7-9-19-44(42)55(45)51-53-49(38-28-24-36(25-29-38)34-14-5-2-6-15-34)52-50(54-51)39-30-31-47-43(32-39)41-16-8-10-21-46(41)56-47/h1-32H/i7D,9D,17D,19D. The number of fused-ring (bicyclic) bond motifs is 6. The van der Waals surface area contributed by atoms with Gasteiger partial charge in [-0.1, -0.05) is 158 Å². The maximum absolute atomic E-state index is 9.34. The number of hydrogen-bond donors (Lipinski definition) is 0. The number of benzene rings is 8. The Balaban J connectivity index is 1.17. The van der Waals surface area contributed by atoms with Crippen molar-refractivity contribution in [1.29, 1.82) is 0 Å². The highest BCUT2D eigenvalue weighted by Gasteiger charge is 2.20. The van der Waals surface area contributed by atoms with Gasteiger partial charge in [0.1, 0.15) is 11.2 Å². The third-order valence-electron chi connectivity index (χ3n) is 10.4. The topological polar surface area (TPSA) is 56.7 Å². The summed E-state index contributed by atoms with van der Waals surface area (Å²) in [6.07, 6.45) is 0. The van der Waals surface area contributed by atoms with Gasteiger partial charge in [0.25, 0.3) is 0 Å². The molecule has 0 fully saturated rings. The molecule has 0 aliphatic rings. The van der Waals surface area contributed by atoms with Crippen molar-refractivity contribution in [2.45, 2.75) is 0 Å². The van der Waals surface area contributed by atoms with E-state index >= 15 is 0 Å². The lowest BCUT2D eigenvalue weighted by Crippen LogP contribution is -2.06. The zero-order chi connectivity index (χ0) is 40.5. The van der Waals surface area contributed by atoms with Crippen LogP contribution in [0, 0.1) is 0 Å².